The Hall–Kier alpha value is -2.96. The summed E-state index contributed by atoms with van der Waals surface area (Å²) in [6.07, 6.45) is 0.840. The number of nitrogens with zero attached hydrogens (tertiary/aromatic N) is 2. The molecule has 3 aromatic rings. The fourth-order valence-electron chi connectivity index (χ4n) is 4.05. The first-order valence-electron chi connectivity index (χ1n) is 10.4. The predicted octanol–water partition coefficient (Wildman–Crippen LogP) is 4.01. The van der Waals surface area contributed by atoms with Crippen molar-refractivity contribution in [1.82, 2.24) is 9.80 Å². The maximum Gasteiger partial charge on any atom is 0.254 e. The molecule has 1 unspecified atom stereocenters. The molecule has 0 fully saturated rings. The highest BCUT2D eigenvalue weighted by molar-refractivity contribution is 7.10. The Kier molecular flexibility index (Phi) is 6.79. The lowest BCUT2D eigenvalue weighted by Crippen LogP contribution is -2.47. The highest BCUT2D eigenvalue weighted by Gasteiger charge is 2.34. The fourth-order valence-corrected chi connectivity index (χ4v) is 4.95. The van der Waals surface area contributed by atoms with Crippen molar-refractivity contribution in [3.05, 3.63) is 93.7 Å². The van der Waals surface area contributed by atoms with Crippen molar-refractivity contribution in [2.24, 2.45) is 0 Å². The van der Waals surface area contributed by atoms with E-state index in [2.05, 4.69) is 23.6 Å². The van der Waals surface area contributed by atoms with E-state index in [9.17, 15) is 9.59 Å². The van der Waals surface area contributed by atoms with Gasteiger partial charge in [0.15, 0.2) is 0 Å². The van der Waals surface area contributed by atoms with E-state index in [0.29, 0.717) is 25.3 Å². The van der Waals surface area contributed by atoms with E-state index in [4.69, 9.17) is 4.74 Å². The van der Waals surface area contributed by atoms with E-state index in [1.807, 2.05) is 41.3 Å². The van der Waals surface area contributed by atoms with E-state index in [1.165, 1.54) is 10.4 Å². The Morgan fingerprint density at radius 2 is 1.77 bits per heavy atom. The summed E-state index contributed by atoms with van der Waals surface area (Å²) in [4.78, 5) is 31.4. The number of benzene rings is 2. The van der Waals surface area contributed by atoms with Crippen molar-refractivity contribution >= 4 is 23.2 Å². The summed E-state index contributed by atoms with van der Waals surface area (Å²) >= 11 is 1.75. The number of fused-ring (bicyclic) bond motifs is 1. The smallest absolute Gasteiger partial charge is 0.254 e. The van der Waals surface area contributed by atoms with Crippen molar-refractivity contribution in [2.45, 2.75) is 12.5 Å². The second-order valence-corrected chi connectivity index (χ2v) is 8.54. The van der Waals surface area contributed by atoms with Crippen LogP contribution in [0.5, 0.6) is 0 Å². The van der Waals surface area contributed by atoms with Crippen molar-refractivity contribution in [3.63, 3.8) is 0 Å². The van der Waals surface area contributed by atoms with E-state index >= 15 is 0 Å². The molecule has 1 aliphatic heterocycles. The largest absolute Gasteiger partial charge is 0.383 e. The zero-order valence-corrected chi connectivity index (χ0v) is 18.4. The number of thiophene rings is 1. The molecule has 0 aliphatic carbocycles. The van der Waals surface area contributed by atoms with E-state index < -0.39 is 0 Å². The standard InChI is InChI=1S/C25H26N2O3S/c1-30-16-15-26(25(29)20-10-6-3-7-11-20)18-23(28)27-14-12-22-21(13-17-31-22)24(27)19-8-4-2-5-9-19/h2-11,13,17,24H,12,14-16,18H2,1H3. The van der Waals surface area contributed by atoms with Gasteiger partial charge >= 0.3 is 0 Å². The zero-order valence-electron chi connectivity index (χ0n) is 17.6. The molecule has 4 rings (SSSR count). The molecule has 2 amide bonds. The van der Waals surface area contributed by atoms with Crippen LogP contribution in [0.1, 0.15) is 32.4 Å². The van der Waals surface area contributed by atoms with Gasteiger partial charge in [0, 0.05) is 30.6 Å². The van der Waals surface area contributed by atoms with Gasteiger partial charge in [-0.3, -0.25) is 9.59 Å². The first kappa shape index (κ1) is 21.3. The van der Waals surface area contributed by atoms with Crippen LogP contribution in [0.4, 0.5) is 0 Å². The van der Waals surface area contributed by atoms with Crippen LogP contribution >= 0.6 is 11.3 Å². The lowest BCUT2D eigenvalue weighted by Gasteiger charge is -2.37. The summed E-state index contributed by atoms with van der Waals surface area (Å²) in [5.41, 5.74) is 2.85. The van der Waals surface area contributed by atoms with Crippen molar-refractivity contribution in [3.8, 4) is 0 Å². The van der Waals surface area contributed by atoms with Crippen molar-refractivity contribution < 1.29 is 14.3 Å². The average molecular weight is 435 g/mol. The van der Waals surface area contributed by atoms with Crippen LogP contribution in [0.15, 0.2) is 72.1 Å². The molecule has 0 saturated carbocycles. The Morgan fingerprint density at radius 1 is 1.06 bits per heavy atom. The summed E-state index contributed by atoms with van der Waals surface area (Å²) in [6.45, 7) is 1.41. The van der Waals surface area contributed by atoms with Crippen LogP contribution in [0, 0.1) is 0 Å². The molecule has 1 aromatic heterocycles. The SMILES string of the molecule is COCCN(CC(=O)N1CCc2sccc2C1c1ccccc1)C(=O)c1ccccc1. The average Bonchev–Trinajstić information content (AvgIpc) is 3.30. The molecular weight excluding hydrogens is 408 g/mol. The molecule has 0 spiro atoms. The van der Waals surface area contributed by atoms with Gasteiger partial charge in [-0.1, -0.05) is 48.5 Å². The zero-order chi connectivity index (χ0) is 21.6. The third kappa shape index (κ3) is 4.70. The van der Waals surface area contributed by atoms with Gasteiger partial charge < -0.3 is 14.5 Å². The second-order valence-electron chi connectivity index (χ2n) is 7.54. The lowest BCUT2D eigenvalue weighted by molar-refractivity contribution is -0.134. The molecule has 1 aliphatic rings. The number of hydrogen-bond acceptors (Lipinski definition) is 4. The molecule has 0 saturated heterocycles. The van der Waals surface area contributed by atoms with Gasteiger partial charge in [-0.15, -0.1) is 11.3 Å². The van der Waals surface area contributed by atoms with Crippen LogP contribution in [0.25, 0.3) is 0 Å². The molecule has 5 nitrogen and oxygen atoms in total. The Balaban J connectivity index is 1.59. The molecule has 31 heavy (non-hydrogen) atoms. The summed E-state index contributed by atoms with van der Waals surface area (Å²) in [7, 11) is 1.60. The van der Waals surface area contributed by atoms with Gasteiger partial charge in [-0.05, 0) is 41.1 Å². The van der Waals surface area contributed by atoms with Gasteiger partial charge in [0.1, 0.15) is 6.54 Å². The van der Waals surface area contributed by atoms with Crippen LogP contribution < -0.4 is 0 Å². The minimum absolute atomic E-state index is 0.0277. The third-order valence-corrected chi connectivity index (χ3v) is 6.60. The topological polar surface area (TPSA) is 49.9 Å². The summed E-state index contributed by atoms with van der Waals surface area (Å²) in [6, 6.07) is 21.2. The van der Waals surface area contributed by atoms with Gasteiger partial charge in [-0.25, -0.2) is 0 Å². The molecule has 2 heterocycles. The summed E-state index contributed by atoms with van der Waals surface area (Å²) in [5.74, 6) is -0.207. The predicted molar refractivity (Wildman–Crippen MR) is 122 cm³/mol. The molecule has 0 bridgehead atoms. The summed E-state index contributed by atoms with van der Waals surface area (Å²) in [5, 5.41) is 2.10. The van der Waals surface area contributed by atoms with Gasteiger partial charge in [-0.2, -0.15) is 0 Å². The van der Waals surface area contributed by atoms with E-state index in [1.54, 1.807) is 35.5 Å². The van der Waals surface area contributed by atoms with Crippen LogP contribution in [-0.4, -0.2) is 55.0 Å². The molecule has 0 N–H and O–H groups in total. The molecule has 1 atom stereocenters. The first-order chi connectivity index (χ1) is 15.2. The van der Waals surface area contributed by atoms with Gasteiger partial charge in [0.2, 0.25) is 5.91 Å². The Morgan fingerprint density at radius 3 is 2.48 bits per heavy atom. The van der Waals surface area contributed by atoms with Crippen molar-refractivity contribution in [2.75, 3.05) is 33.4 Å². The molecule has 6 heteroatoms. The number of rotatable bonds is 7. The minimum atomic E-state index is -0.157. The molecule has 160 valence electrons. The summed E-state index contributed by atoms with van der Waals surface area (Å²) < 4.78 is 5.19. The molecular formula is C25H26N2O3S. The maximum absolute atomic E-state index is 13.5. The first-order valence-corrected chi connectivity index (χ1v) is 11.3. The van der Waals surface area contributed by atoms with Gasteiger partial charge in [0.25, 0.3) is 5.91 Å². The second kappa shape index (κ2) is 9.90. The number of amides is 2. The number of carbonyl (C=O) groups is 2. The Labute approximate surface area is 186 Å². The van der Waals surface area contributed by atoms with Crippen molar-refractivity contribution in [1.29, 1.82) is 0 Å². The lowest BCUT2D eigenvalue weighted by atomic mass is 9.93. The van der Waals surface area contributed by atoms with Crippen LogP contribution in [-0.2, 0) is 16.0 Å². The van der Waals surface area contributed by atoms with Crippen LogP contribution in [0.2, 0.25) is 0 Å². The van der Waals surface area contributed by atoms with E-state index in [-0.39, 0.29) is 24.4 Å². The number of hydrogen-bond donors (Lipinski definition) is 0. The normalized spacial score (nSPS) is 15.4. The molecule has 0 radical (unpaired) electrons. The monoisotopic (exact) mass is 434 g/mol. The maximum atomic E-state index is 13.5. The quantitative estimate of drug-likeness (QED) is 0.565. The highest BCUT2D eigenvalue weighted by Crippen LogP contribution is 2.37. The third-order valence-electron chi connectivity index (χ3n) is 5.60. The Bertz CT molecular complexity index is 1020. The number of carbonyl (C=O) groups excluding carboxylic acids is 2. The molecule has 2 aromatic carbocycles. The fraction of sp³-hybridized carbons (Fsp3) is 0.280. The van der Waals surface area contributed by atoms with E-state index in [0.717, 1.165) is 12.0 Å². The van der Waals surface area contributed by atoms with Crippen LogP contribution in [0.3, 0.4) is 0 Å². The minimum Gasteiger partial charge on any atom is -0.383 e. The number of ether oxygens (including phenoxy) is 1. The number of methoxy groups -OCH3 is 1. The highest BCUT2D eigenvalue weighted by atomic mass is 32.1. The van der Waals surface area contributed by atoms with Gasteiger partial charge in [0.05, 0.1) is 12.6 Å².